The third-order valence-electron chi connectivity index (χ3n) is 5.84. The Morgan fingerprint density at radius 2 is 1.43 bits per heavy atom. The summed E-state index contributed by atoms with van der Waals surface area (Å²) in [5.41, 5.74) is 0.495. The minimum Gasteiger partial charge on any atom is -0.508 e. The van der Waals surface area contributed by atoms with E-state index in [0.29, 0.717) is 27.8 Å². The molecule has 5 rings (SSSR count). The van der Waals surface area contributed by atoms with Crippen LogP contribution in [0.25, 0.3) is 0 Å². The van der Waals surface area contributed by atoms with Crippen molar-refractivity contribution in [3.05, 3.63) is 81.4 Å². The fourth-order valence-electron chi connectivity index (χ4n) is 4.32. The Morgan fingerprint density at radius 3 is 1.97 bits per heavy atom. The lowest BCUT2D eigenvalue weighted by atomic mass is 9.76. The van der Waals surface area contributed by atoms with Gasteiger partial charge in [0.15, 0.2) is 5.60 Å². The Hall–Kier alpha value is -4.00. The number of phenols is 2. The zero-order chi connectivity index (χ0) is 21.4. The summed E-state index contributed by atoms with van der Waals surface area (Å²) in [6.07, 6.45) is 0. The number of carboxylic acid groups (broad SMARTS) is 1. The number of carboxylic acids is 1. The number of carbonyl (C=O) groups excluding carboxylic acids is 1. The van der Waals surface area contributed by atoms with Crippen LogP contribution in [-0.4, -0.2) is 27.3 Å². The van der Waals surface area contributed by atoms with Crippen LogP contribution in [0.1, 0.15) is 48.5 Å². The van der Waals surface area contributed by atoms with Gasteiger partial charge >= 0.3 is 11.9 Å². The molecule has 0 atom stereocenters. The molecule has 30 heavy (non-hydrogen) atoms. The van der Waals surface area contributed by atoms with Gasteiger partial charge in [0, 0.05) is 27.8 Å². The number of aromatic carboxylic acids is 1. The van der Waals surface area contributed by atoms with Crippen LogP contribution in [-0.2, 0) is 10.3 Å². The molecule has 0 fully saturated rings. The van der Waals surface area contributed by atoms with E-state index in [-0.39, 0.29) is 34.1 Å². The molecular formula is C23H16O7. The predicted molar refractivity (Wildman–Crippen MR) is 104 cm³/mol. The number of rotatable bonds is 1. The van der Waals surface area contributed by atoms with Crippen molar-refractivity contribution >= 4 is 11.9 Å². The monoisotopic (exact) mass is 404 g/mol. The van der Waals surface area contributed by atoms with Crippen LogP contribution in [0.4, 0.5) is 0 Å². The predicted octanol–water partition coefficient (Wildman–Crippen LogP) is 3.98. The Balaban J connectivity index is 1.96. The molecule has 3 aromatic carbocycles. The Morgan fingerprint density at radius 1 is 0.867 bits per heavy atom. The molecule has 3 N–H and O–H groups in total. The van der Waals surface area contributed by atoms with Crippen molar-refractivity contribution in [3.63, 3.8) is 0 Å². The van der Waals surface area contributed by atoms with Gasteiger partial charge in [-0.05, 0) is 44.2 Å². The quantitative estimate of drug-likeness (QED) is 0.526. The van der Waals surface area contributed by atoms with Gasteiger partial charge in [-0.25, -0.2) is 9.59 Å². The third-order valence-corrected chi connectivity index (χ3v) is 5.84. The van der Waals surface area contributed by atoms with Gasteiger partial charge in [-0.15, -0.1) is 0 Å². The highest BCUT2D eigenvalue weighted by Gasteiger charge is 2.55. The maximum atomic E-state index is 13.0. The fraction of sp³-hybridized carbons (Fsp3) is 0.130. The van der Waals surface area contributed by atoms with Crippen LogP contribution < -0.4 is 4.74 Å². The molecule has 3 aromatic rings. The van der Waals surface area contributed by atoms with E-state index >= 15 is 0 Å². The first-order chi connectivity index (χ1) is 14.3. The molecule has 7 nitrogen and oxygen atoms in total. The van der Waals surface area contributed by atoms with E-state index in [9.17, 15) is 24.9 Å². The molecule has 0 radical (unpaired) electrons. The number of phenolic OH excluding ortho intramolecular Hbond substituents is 2. The molecule has 2 aliphatic rings. The minimum absolute atomic E-state index is 0.00557. The molecule has 2 heterocycles. The fourth-order valence-corrected chi connectivity index (χ4v) is 4.32. The number of hydrogen-bond acceptors (Lipinski definition) is 6. The second kappa shape index (κ2) is 5.76. The van der Waals surface area contributed by atoms with Crippen LogP contribution >= 0.6 is 0 Å². The van der Waals surface area contributed by atoms with Gasteiger partial charge in [-0.3, -0.25) is 0 Å². The molecule has 0 unspecified atom stereocenters. The number of carbonyl (C=O) groups is 2. The number of aromatic hydroxyl groups is 2. The normalized spacial score (nSPS) is 15.1. The first kappa shape index (κ1) is 18.1. The van der Waals surface area contributed by atoms with Crippen molar-refractivity contribution in [1.29, 1.82) is 0 Å². The van der Waals surface area contributed by atoms with Crippen molar-refractivity contribution in [2.75, 3.05) is 0 Å². The largest absolute Gasteiger partial charge is 0.508 e. The van der Waals surface area contributed by atoms with Gasteiger partial charge in [0.2, 0.25) is 0 Å². The average Bonchev–Trinajstić information content (AvgIpc) is 3.01. The third kappa shape index (κ3) is 2.03. The van der Waals surface area contributed by atoms with Gasteiger partial charge in [0.1, 0.15) is 23.0 Å². The second-order valence-electron chi connectivity index (χ2n) is 7.38. The number of benzene rings is 3. The summed E-state index contributed by atoms with van der Waals surface area (Å²) in [5, 5.41) is 30.1. The van der Waals surface area contributed by atoms with Crippen molar-refractivity contribution in [1.82, 2.24) is 0 Å². The molecule has 0 aliphatic carbocycles. The number of esters is 1. The molecule has 7 heteroatoms. The van der Waals surface area contributed by atoms with Crippen LogP contribution in [0.3, 0.4) is 0 Å². The molecule has 0 saturated heterocycles. The summed E-state index contributed by atoms with van der Waals surface area (Å²) in [6.45, 7) is 3.33. The van der Waals surface area contributed by atoms with Crippen molar-refractivity contribution in [3.8, 4) is 23.0 Å². The Bertz CT molecular complexity index is 1230. The zero-order valence-electron chi connectivity index (χ0n) is 16.0. The maximum absolute atomic E-state index is 13.0. The lowest BCUT2D eigenvalue weighted by Crippen LogP contribution is -2.33. The van der Waals surface area contributed by atoms with Gasteiger partial charge in [-0.1, -0.05) is 12.1 Å². The van der Waals surface area contributed by atoms with Gasteiger partial charge in [-0.2, -0.15) is 0 Å². The smallest absolute Gasteiger partial charge is 0.341 e. The summed E-state index contributed by atoms with van der Waals surface area (Å²) in [5.74, 6) is -1.44. The summed E-state index contributed by atoms with van der Waals surface area (Å²) < 4.78 is 12.0. The van der Waals surface area contributed by atoms with E-state index in [1.807, 2.05) is 0 Å². The summed E-state index contributed by atoms with van der Waals surface area (Å²) in [4.78, 5) is 24.7. The van der Waals surface area contributed by atoms with Gasteiger partial charge < -0.3 is 24.8 Å². The molecular weight excluding hydrogens is 388 g/mol. The minimum atomic E-state index is -1.47. The molecule has 150 valence electrons. The topological polar surface area (TPSA) is 113 Å². The van der Waals surface area contributed by atoms with Crippen LogP contribution in [0.2, 0.25) is 0 Å². The molecule has 2 aliphatic heterocycles. The highest BCUT2D eigenvalue weighted by Crippen LogP contribution is 2.59. The molecule has 0 saturated carbocycles. The van der Waals surface area contributed by atoms with Crippen molar-refractivity contribution in [2.45, 2.75) is 19.4 Å². The standard InChI is InChI=1S/C23H16O7/c1-10-16(24)8-6-14-19(10)29-20-11(2)17(25)9-7-15(20)23(14)13-5-3-4-12(21(26)27)18(13)22(28)30-23/h3-9,24-25H,1-2H3,(H,26,27). The maximum Gasteiger partial charge on any atom is 0.341 e. The number of hydrogen-bond donors (Lipinski definition) is 3. The Labute approximate surface area is 170 Å². The SMILES string of the molecule is Cc1c(O)ccc2c1Oc1c(ccc(O)c1C)C21OC(=O)c2c(C(=O)O)cccc21. The van der Waals surface area contributed by atoms with Gasteiger partial charge in [0.05, 0.1) is 11.1 Å². The van der Waals surface area contributed by atoms with E-state index < -0.39 is 17.5 Å². The van der Waals surface area contributed by atoms with Crippen molar-refractivity contribution in [2.24, 2.45) is 0 Å². The van der Waals surface area contributed by atoms with Crippen molar-refractivity contribution < 1.29 is 34.4 Å². The second-order valence-corrected chi connectivity index (χ2v) is 7.38. The molecule has 0 aromatic heterocycles. The molecule has 0 bridgehead atoms. The van der Waals surface area contributed by atoms with Crippen LogP contribution in [0.5, 0.6) is 23.0 Å². The van der Waals surface area contributed by atoms with E-state index in [4.69, 9.17) is 9.47 Å². The van der Waals surface area contributed by atoms with Gasteiger partial charge in [0.25, 0.3) is 0 Å². The molecule has 0 amide bonds. The first-order valence-corrected chi connectivity index (χ1v) is 9.21. The van der Waals surface area contributed by atoms with Crippen LogP contribution in [0.15, 0.2) is 42.5 Å². The van der Waals surface area contributed by atoms with E-state index in [1.54, 1.807) is 38.1 Å². The average molecular weight is 404 g/mol. The molecule has 1 spiro atoms. The van der Waals surface area contributed by atoms with E-state index in [1.165, 1.54) is 18.2 Å². The summed E-state index contributed by atoms with van der Waals surface area (Å²) in [6, 6.07) is 10.7. The van der Waals surface area contributed by atoms with E-state index in [0.717, 1.165) is 0 Å². The van der Waals surface area contributed by atoms with E-state index in [2.05, 4.69) is 0 Å². The lowest BCUT2D eigenvalue weighted by Gasteiger charge is -2.37. The Kier molecular flexibility index (Phi) is 3.47. The zero-order valence-corrected chi connectivity index (χ0v) is 16.0. The van der Waals surface area contributed by atoms with Crippen LogP contribution in [0, 0.1) is 13.8 Å². The highest BCUT2D eigenvalue weighted by molar-refractivity contribution is 6.06. The summed E-state index contributed by atoms with van der Waals surface area (Å²) in [7, 11) is 0. The number of fused-ring (bicyclic) bond motifs is 6. The first-order valence-electron chi connectivity index (χ1n) is 9.21. The number of ether oxygens (including phenoxy) is 2. The highest BCUT2D eigenvalue weighted by atomic mass is 16.6. The lowest BCUT2D eigenvalue weighted by molar-refractivity contribution is 0.0221. The summed E-state index contributed by atoms with van der Waals surface area (Å²) >= 11 is 0.